The summed E-state index contributed by atoms with van der Waals surface area (Å²) in [6.45, 7) is 2.72. The van der Waals surface area contributed by atoms with Gasteiger partial charge in [-0.05, 0) is 54.6 Å². The van der Waals surface area contributed by atoms with Crippen molar-refractivity contribution in [3.8, 4) is 5.75 Å². The topological polar surface area (TPSA) is 75.7 Å². The molecule has 1 N–H and O–H groups in total. The molecule has 1 amide bonds. The first kappa shape index (κ1) is 17.9. The molecule has 6 nitrogen and oxygen atoms in total. The molecule has 1 aromatic heterocycles. The number of hydrogen-bond donors (Lipinski definition) is 1. The van der Waals surface area contributed by atoms with Crippen molar-refractivity contribution >= 4 is 27.3 Å². The standard InChI is InChI=1S/C17H20N2O4S2/c1-12(17(20)19-9-7-16-13(11-19)8-10-24-16)18-25(21,22)15-5-3-14(23-2)4-6-15/h3-6,8,10,12,18H,7,9,11H2,1-2H3/t12-/m0/s1. The number of rotatable bonds is 5. The van der Waals surface area contributed by atoms with E-state index in [1.54, 1.807) is 35.3 Å². The molecule has 0 aliphatic carbocycles. The Balaban J connectivity index is 1.68. The number of carbonyl (C=O) groups is 1. The van der Waals surface area contributed by atoms with Crippen molar-refractivity contribution in [3.63, 3.8) is 0 Å². The van der Waals surface area contributed by atoms with Gasteiger partial charge in [0.05, 0.1) is 18.0 Å². The number of carbonyl (C=O) groups excluding carboxylic acids is 1. The largest absolute Gasteiger partial charge is 0.497 e. The molecular formula is C17H20N2O4S2. The molecule has 134 valence electrons. The van der Waals surface area contributed by atoms with Gasteiger partial charge in [0.1, 0.15) is 5.75 Å². The Kier molecular flexibility index (Phi) is 5.12. The number of sulfonamides is 1. The molecule has 0 unspecified atom stereocenters. The Bertz CT molecular complexity index is 859. The Labute approximate surface area is 151 Å². The van der Waals surface area contributed by atoms with Crippen molar-refractivity contribution in [2.24, 2.45) is 0 Å². The van der Waals surface area contributed by atoms with E-state index in [2.05, 4.69) is 4.72 Å². The summed E-state index contributed by atoms with van der Waals surface area (Å²) in [7, 11) is -2.25. The van der Waals surface area contributed by atoms with Gasteiger partial charge in [-0.3, -0.25) is 4.79 Å². The fourth-order valence-corrected chi connectivity index (χ4v) is 4.90. The Morgan fingerprint density at radius 2 is 2.00 bits per heavy atom. The van der Waals surface area contributed by atoms with Gasteiger partial charge in [0.15, 0.2) is 0 Å². The van der Waals surface area contributed by atoms with Crippen molar-refractivity contribution in [1.29, 1.82) is 0 Å². The average molecular weight is 380 g/mol. The van der Waals surface area contributed by atoms with Gasteiger partial charge in [-0.25, -0.2) is 8.42 Å². The van der Waals surface area contributed by atoms with Crippen molar-refractivity contribution < 1.29 is 17.9 Å². The van der Waals surface area contributed by atoms with E-state index >= 15 is 0 Å². The zero-order valence-electron chi connectivity index (χ0n) is 14.1. The Morgan fingerprint density at radius 3 is 2.68 bits per heavy atom. The summed E-state index contributed by atoms with van der Waals surface area (Å²) in [6.07, 6.45) is 0.816. The zero-order valence-corrected chi connectivity index (χ0v) is 15.7. The summed E-state index contributed by atoms with van der Waals surface area (Å²) in [5.74, 6) is 0.358. The van der Waals surface area contributed by atoms with Gasteiger partial charge in [0.2, 0.25) is 15.9 Å². The molecule has 0 bridgehead atoms. The molecule has 0 spiro atoms. The maximum atomic E-state index is 12.6. The number of hydrogen-bond acceptors (Lipinski definition) is 5. The third-order valence-corrected chi connectivity index (χ3v) is 6.77. The van der Waals surface area contributed by atoms with Crippen molar-refractivity contribution in [2.45, 2.75) is 30.8 Å². The van der Waals surface area contributed by atoms with Crippen LogP contribution in [0.5, 0.6) is 5.75 Å². The first-order valence-corrected chi connectivity index (χ1v) is 10.3. The molecule has 1 aromatic carbocycles. The quantitative estimate of drug-likeness (QED) is 0.861. The fourth-order valence-electron chi connectivity index (χ4n) is 2.82. The third-order valence-electron chi connectivity index (χ3n) is 4.19. The van der Waals surface area contributed by atoms with Gasteiger partial charge < -0.3 is 9.64 Å². The van der Waals surface area contributed by atoms with Gasteiger partial charge in [-0.15, -0.1) is 11.3 Å². The molecule has 3 rings (SSSR count). The second-order valence-corrected chi connectivity index (χ2v) is 8.61. The lowest BCUT2D eigenvalue weighted by Gasteiger charge is -2.29. The van der Waals surface area contributed by atoms with Crippen molar-refractivity contribution in [1.82, 2.24) is 9.62 Å². The first-order chi connectivity index (χ1) is 11.9. The van der Waals surface area contributed by atoms with E-state index in [9.17, 15) is 13.2 Å². The van der Waals surface area contributed by atoms with E-state index < -0.39 is 16.1 Å². The van der Waals surface area contributed by atoms with E-state index in [0.29, 0.717) is 18.8 Å². The van der Waals surface area contributed by atoms with Gasteiger partial charge in [-0.2, -0.15) is 4.72 Å². The van der Waals surface area contributed by atoms with Gasteiger partial charge in [0.25, 0.3) is 0 Å². The molecule has 0 saturated heterocycles. The van der Waals surface area contributed by atoms with Crippen LogP contribution < -0.4 is 9.46 Å². The number of ether oxygens (including phenoxy) is 1. The highest BCUT2D eigenvalue weighted by Gasteiger charge is 2.28. The molecule has 0 saturated carbocycles. The van der Waals surface area contributed by atoms with Gasteiger partial charge >= 0.3 is 0 Å². The summed E-state index contributed by atoms with van der Waals surface area (Å²) in [5.41, 5.74) is 1.15. The lowest BCUT2D eigenvalue weighted by Crippen LogP contribution is -2.48. The monoisotopic (exact) mass is 380 g/mol. The fraction of sp³-hybridized carbons (Fsp3) is 0.353. The second kappa shape index (κ2) is 7.15. The predicted molar refractivity (Wildman–Crippen MR) is 96.2 cm³/mol. The maximum absolute atomic E-state index is 12.6. The Morgan fingerprint density at radius 1 is 1.28 bits per heavy atom. The summed E-state index contributed by atoms with van der Waals surface area (Å²) in [5, 5.41) is 2.02. The number of nitrogens with zero attached hydrogens (tertiary/aromatic N) is 1. The van der Waals surface area contributed by atoms with Crippen LogP contribution in [-0.2, 0) is 27.8 Å². The SMILES string of the molecule is COc1ccc(S(=O)(=O)N[C@@H](C)C(=O)N2CCc3sccc3C2)cc1. The van der Waals surface area contributed by atoms with Crippen molar-refractivity contribution in [2.75, 3.05) is 13.7 Å². The molecule has 25 heavy (non-hydrogen) atoms. The molecule has 0 radical (unpaired) electrons. The third kappa shape index (κ3) is 3.86. The molecule has 0 fully saturated rings. The van der Waals surface area contributed by atoms with Crippen LogP contribution in [0.15, 0.2) is 40.6 Å². The zero-order chi connectivity index (χ0) is 18.0. The van der Waals surface area contributed by atoms with Crippen LogP contribution in [0.25, 0.3) is 0 Å². The summed E-state index contributed by atoms with van der Waals surface area (Å²) >= 11 is 1.70. The first-order valence-electron chi connectivity index (χ1n) is 7.91. The van der Waals surface area contributed by atoms with Crippen LogP contribution in [0, 0.1) is 0 Å². The minimum Gasteiger partial charge on any atom is -0.497 e. The van der Waals surface area contributed by atoms with E-state index in [-0.39, 0.29) is 10.8 Å². The number of benzene rings is 1. The van der Waals surface area contributed by atoms with Crippen LogP contribution in [0.2, 0.25) is 0 Å². The van der Waals surface area contributed by atoms with Crippen LogP contribution in [0.3, 0.4) is 0 Å². The molecule has 2 heterocycles. The summed E-state index contributed by atoms with van der Waals surface area (Å²) in [4.78, 5) is 15.7. The van der Waals surface area contributed by atoms with E-state index in [4.69, 9.17) is 4.74 Å². The summed E-state index contributed by atoms with van der Waals surface area (Å²) < 4.78 is 32.4. The van der Waals surface area contributed by atoms with Crippen LogP contribution in [0.1, 0.15) is 17.4 Å². The minimum atomic E-state index is -3.77. The normalized spacial score (nSPS) is 15.5. The molecule has 1 aliphatic heterocycles. The number of thiophene rings is 1. The summed E-state index contributed by atoms with van der Waals surface area (Å²) in [6, 6.07) is 7.25. The predicted octanol–water partition coefficient (Wildman–Crippen LogP) is 2.01. The molecule has 1 aliphatic rings. The van der Waals surface area contributed by atoms with E-state index in [1.165, 1.54) is 24.1 Å². The van der Waals surface area contributed by atoms with E-state index in [1.807, 2.05) is 11.4 Å². The van der Waals surface area contributed by atoms with Crippen LogP contribution in [0.4, 0.5) is 0 Å². The smallest absolute Gasteiger partial charge is 0.241 e. The molecule has 2 aromatic rings. The highest BCUT2D eigenvalue weighted by atomic mass is 32.2. The molecular weight excluding hydrogens is 360 g/mol. The van der Waals surface area contributed by atoms with Crippen LogP contribution in [-0.4, -0.2) is 38.9 Å². The maximum Gasteiger partial charge on any atom is 0.241 e. The van der Waals surface area contributed by atoms with E-state index in [0.717, 1.165) is 12.0 Å². The van der Waals surface area contributed by atoms with Gasteiger partial charge in [-0.1, -0.05) is 0 Å². The van der Waals surface area contributed by atoms with Crippen LogP contribution >= 0.6 is 11.3 Å². The second-order valence-electron chi connectivity index (χ2n) is 5.90. The highest BCUT2D eigenvalue weighted by Crippen LogP contribution is 2.24. The average Bonchev–Trinajstić information content (AvgIpc) is 3.08. The lowest BCUT2D eigenvalue weighted by molar-refractivity contribution is -0.133. The molecule has 8 heteroatoms. The minimum absolute atomic E-state index is 0.103. The molecule has 1 atom stereocenters. The number of methoxy groups -OCH3 is 1. The highest BCUT2D eigenvalue weighted by molar-refractivity contribution is 7.89. The number of amides is 1. The van der Waals surface area contributed by atoms with Crippen molar-refractivity contribution in [3.05, 3.63) is 46.2 Å². The Hall–Kier alpha value is -1.90. The number of nitrogens with one attached hydrogen (secondary N) is 1. The number of fused-ring (bicyclic) bond motifs is 1. The van der Waals surface area contributed by atoms with Gasteiger partial charge in [0, 0.05) is 18.0 Å². The lowest BCUT2D eigenvalue weighted by atomic mass is 10.1.